The van der Waals surface area contributed by atoms with Crippen molar-refractivity contribution in [1.82, 2.24) is 4.90 Å². The molecule has 3 nitrogen and oxygen atoms in total. The van der Waals surface area contributed by atoms with E-state index >= 15 is 0 Å². The third kappa shape index (κ3) is 1.70. The van der Waals surface area contributed by atoms with Crippen LogP contribution in [0.25, 0.3) is 0 Å². The molecule has 2 fully saturated rings. The molecule has 13 heavy (non-hydrogen) atoms. The number of hydrogen-bond donors (Lipinski definition) is 0. The average molecular weight is 183 g/mol. The van der Waals surface area contributed by atoms with Gasteiger partial charge in [-0.3, -0.25) is 4.79 Å². The molecule has 1 atom stereocenters. The molecule has 1 heterocycles. The molecule has 0 bridgehead atoms. The van der Waals surface area contributed by atoms with Gasteiger partial charge in [-0.15, -0.1) is 0 Å². The van der Waals surface area contributed by atoms with E-state index in [4.69, 9.17) is 4.74 Å². The van der Waals surface area contributed by atoms with E-state index in [0.717, 1.165) is 19.4 Å². The van der Waals surface area contributed by atoms with E-state index in [0.29, 0.717) is 6.04 Å². The Bertz CT molecular complexity index is 195. The van der Waals surface area contributed by atoms with Gasteiger partial charge in [0, 0.05) is 19.7 Å². The van der Waals surface area contributed by atoms with Crippen molar-refractivity contribution in [3.63, 3.8) is 0 Å². The molecule has 74 valence electrons. The molecule has 2 aliphatic rings. The summed E-state index contributed by atoms with van der Waals surface area (Å²) < 4.78 is 5.36. The molecule has 2 rings (SSSR count). The highest BCUT2D eigenvalue weighted by Gasteiger charge is 2.32. The zero-order valence-corrected chi connectivity index (χ0v) is 8.16. The highest BCUT2D eigenvalue weighted by Crippen LogP contribution is 2.25. The third-order valence-corrected chi connectivity index (χ3v) is 3.18. The number of ether oxygens (including phenoxy) is 1. The summed E-state index contributed by atoms with van der Waals surface area (Å²) in [4.78, 5) is 13.7. The smallest absolute Gasteiger partial charge is 0.251 e. The number of carbonyl (C=O) groups is 1. The van der Waals surface area contributed by atoms with Crippen LogP contribution in [-0.4, -0.2) is 36.6 Å². The van der Waals surface area contributed by atoms with Gasteiger partial charge in [-0.2, -0.15) is 0 Å². The summed E-state index contributed by atoms with van der Waals surface area (Å²) >= 11 is 0. The molecule has 0 spiro atoms. The number of hydrogen-bond acceptors (Lipinski definition) is 2. The fraction of sp³-hybridized carbons (Fsp3) is 0.900. The summed E-state index contributed by atoms with van der Waals surface area (Å²) in [7, 11) is 1.91. The molecule has 1 saturated heterocycles. The van der Waals surface area contributed by atoms with Gasteiger partial charge in [-0.05, 0) is 32.1 Å². The van der Waals surface area contributed by atoms with Crippen LogP contribution in [0.15, 0.2) is 0 Å². The van der Waals surface area contributed by atoms with Crippen LogP contribution in [0, 0.1) is 0 Å². The van der Waals surface area contributed by atoms with Crippen molar-refractivity contribution in [1.29, 1.82) is 0 Å². The zero-order chi connectivity index (χ0) is 9.26. The second kappa shape index (κ2) is 3.66. The lowest BCUT2D eigenvalue weighted by atomic mass is 9.91. The topological polar surface area (TPSA) is 29.5 Å². The molecule has 0 aromatic heterocycles. The highest BCUT2D eigenvalue weighted by atomic mass is 16.5. The molecule has 0 N–H and O–H groups in total. The molecule has 0 aromatic carbocycles. The quantitative estimate of drug-likeness (QED) is 0.643. The van der Waals surface area contributed by atoms with Gasteiger partial charge in [-0.1, -0.05) is 0 Å². The van der Waals surface area contributed by atoms with Crippen molar-refractivity contribution >= 4 is 5.91 Å². The summed E-state index contributed by atoms with van der Waals surface area (Å²) in [5.41, 5.74) is 0. The molecule has 1 unspecified atom stereocenters. The number of amides is 1. The van der Waals surface area contributed by atoms with Gasteiger partial charge >= 0.3 is 0 Å². The van der Waals surface area contributed by atoms with E-state index in [2.05, 4.69) is 0 Å². The van der Waals surface area contributed by atoms with Crippen LogP contribution >= 0.6 is 0 Å². The van der Waals surface area contributed by atoms with Crippen LogP contribution in [0.1, 0.15) is 32.1 Å². The molecule has 1 amide bonds. The van der Waals surface area contributed by atoms with Crippen LogP contribution in [0.5, 0.6) is 0 Å². The minimum absolute atomic E-state index is 0.134. The lowest BCUT2D eigenvalue weighted by molar-refractivity contribution is -0.143. The van der Waals surface area contributed by atoms with Crippen LogP contribution in [0.3, 0.4) is 0 Å². The van der Waals surface area contributed by atoms with Gasteiger partial charge in [0.2, 0.25) is 0 Å². The Labute approximate surface area is 79.0 Å². The van der Waals surface area contributed by atoms with E-state index in [9.17, 15) is 4.79 Å². The summed E-state index contributed by atoms with van der Waals surface area (Å²) in [6, 6.07) is 0.497. The van der Waals surface area contributed by atoms with Gasteiger partial charge in [-0.25, -0.2) is 0 Å². The lowest BCUT2D eigenvalue weighted by Crippen LogP contribution is -2.45. The molecule has 0 aromatic rings. The summed E-state index contributed by atoms with van der Waals surface area (Å²) in [5.74, 6) is 0.196. The second-order valence-electron chi connectivity index (χ2n) is 4.04. The fourth-order valence-electron chi connectivity index (χ4n) is 1.95. The zero-order valence-electron chi connectivity index (χ0n) is 8.16. The maximum absolute atomic E-state index is 11.8. The first-order valence-electron chi connectivity index (χ1n) is 5.17. The minimum Gasteiger partial charge on any atom is -0.368 e. The van der Waals surface area contributed by atoms with Crippen LogP contribution in [0.4, 0.5) is 0 Å². The van der Waals surface area contributed by atoms with Gasteiger partial charge in [0.25, 0.3) is 5.91 Å². The van der Waals surface area contributed by atoms with Gasteiger partial charge in [0.05, 0.1) is 0 Å². The first-order chi connectivity index (χ1) is 6.29. The first-order valence-corrected chi connectivity index (χ1v) is 5.17. The van der Waals surface area contributed by atoms with Crippen LogP contribution in [0.2, 0.25) is 0 Å². The Morgan fingerprint density at radius 1 is 1.31 bits per heavy atom. The first kappa shape index (κ1) is 9.00. The van der Waals surface area contributed by atoms with E-state index in [1.807, 2.05) is 11.9 Å². The van der Waals surface area contributed by atoms with Gasteiger partial charge in [0.1, 0.15) is 6.10 Å². The van der Waals surface area contributed by atoms with Crippen molar-refractivity contribution in [2.75, 3.05) is 13.7 Å². The fourth-order valence-corrected chi connectivity index (χ4v) is 1.95. The van der Waals surface area contributed by atoms with Gasteiger partial charge < -0.3 is 9.64 Å². The average Bonchev–Trinajstić information content (AvgIpc) is 2.51. The monoisotopic (exact) mass is 183 g/mol. The Morgan fingerprint density at radius 2 is 2.08 bits per heavy atom. The number of nitrogens with zero attached hydrogens (tertiary/aromatic N) is 1. The Balaban J connectivity index is 1.87. The van der Waals surface area contributed by atoms with Crippen molar-refractivity contribution in [2.45, 2.75) is 44.2 Å². The summed E-state index contributed by atoms with van der Waals surface area (Å²) in [5, 5.41) is 0. The predicted octanol–water partition coefficient (Wildman–Crippen LogP) is 1.18. The summed E-state index contributed by atoms with van der Waals surface area (Å²) in [6.45, 7) is 0.759. The van der Waals surface area contributed by atoms with Crippen LogP contribution in [-0.2, 0) is 9.53 Å². The molecule has 1 aliphatic heterocycles. The summed E-state index contributed by atoms with van der Waals surface area (Å²) in [6.07, 6.45) is 5.44. The number of likely N-dealkylation sites (N-methyl/N-ethyl adjacent to an activating group) is 1. The standard InChI is InChI=1S/C10H17NO2/c1-11(8-4-2-5-8)10(12)9-6-3-7-13-9/h8-9H,2-7H2,1H3. The molecular formula is C10H17NO2. The maximum Gasteiger partial charge on any atom is 0.251 e. The minimum atomic E-state index is -0.134. The molecule has 0 radical (unpaired) electrons. The molecular weight excluding hydrogens is 166 g/mol. The van der Waals surface area contributed by atoms with Crippen LogP contribution < -0.4 is 0 Å². The lowest BCUT2D eigenvalue weighted by Gasteiger charge is -2.35. The highest BCUT2D eigenvalue weighted by molar-refractivity contribution is 5.81. The molecule has 1 saturated carbocycles. The van der Waals surface area contributed by atoms with Crippen molar-refractivity contribution in [3.8, 4) is 0 Å². The number of carbonyl (C=O) groups excluding carboxylic acids is 1. The van der Waals surface area contributed by atoms with Crippen molar-refractivity contribution in [3.05, 3.63) is 0 Å². The van der Waals surface area contributed by atoms with Crippen molar-refractivity contribution in [2.24, 2.45) is 0 Å². The van der Waals surface area contributed by atoms with Gasteiger partial charge in [0.15, 0.2) is 0 Å². The second-order valence-corrected chi connectivity index (χ2v) is 4.04. The largest absolute Gasteiger partial charge is 0.368 e. The Morgan fingerprint density at radius 3 is 2.54 bits per heavy atom. The molecule has 1 aliphatic carbocycles. The molecule has 3 heteroatoms. The SMILES string of the molecule is CN(C(=O)C1CCCO1)C1CCC1. The van der Waals surface area contributed by atoms with E-state index in [-0.39, 0.29) is 12.0 Å². The number of rotatable bonds is 2. The Hall–Kier alpha value is -0.570. The van der Waals surface area contributed by atoms with E-state index < -0.39 is 0 Å². The maximum atomic E-state index is 11.8. The van der Waals surface area contributed by atoms with Crippen molar-refractivity contribution < 1.29 is 9.53 Å². The predicted molar refractivity (Wildman–Crippen MR) is 49.4 cm³/mol. The Kier molecular flexibility index (Phi) is 2.54. The van der Waals surface area contributed by atoms with E-state index in [1.165, 1.54) is 19.3 Å². The third-order valence-electron chi connectivity index (χ3n) is 3.18. The van der Waals surface area contributed by atoms with E-state index in [1.54, 1.807) is 0 Å². The normalized spacial score (nSPS) is 28.5.